The SMILES string of the molecule is CC(C)(F)Oc1ccc(CNC2CC2)c(F)c1.N#CCC1CC(NC=O)CN(C(=O)CO)C1. The fourth-order valence-corrected chi connectivity index (χ4v) is 3.56. The highest BCUT2D eigenvalue weighted by atomic mass is 19.2. The number of aliphatic hydroxyl groups excluding tert-OH is 1. The summed E-state index contributed by atoms with van der Waals surface area (Å²) in [7, 11) is 0. The summed E-state index contributed by atoms with van der Waals surface area (Å²) in [5, 5.41) is 23.2. The van der Waals surface area contributed by atoms with Crippen LogP contribution in [0.2, 0.25) is 0 Å². The molecule has 0 radical (unpaired) electrons. The zero-order chi connectivity index (χ0) is 24.4. The Bertz CT molecular complexity index is 837. The molecular formula is C23H32F2N4O4. The Morgan fingerprint density at radius 1 is 1.36 bits per heavy atom. The summed E-state index contributed by atoms with van der Waals surface area (Å²) >= 11 is 0. The number of aliphatic hydroxyl groups is 1. The van der Waals surface area contributed by atoms with E-state index in [9.17, 15) is 18.4 Å². The highest BCUT2D eigenvalue weighted by Gasteiger charge is 2.29. The van der Waals surface area contributed by atoms with Gasteiger partial charge in [0.2, 0.25) is 18.2 Å². The number of likely N-dealkylation sites (tertiary alicyclic amines) is 1. The molecule has 3 rings (SSSR count). The summed E-state index contributed by atoms with van der Waals surface area (Å²) < 4.78 is 31.8. The smallest absolute Gasteiger partial charge is 0.248 e. The number of alkyl halides is 1. The van der Waals surface area contributed by atoms with Gasteiger partial charge in [-0.15, -0.1) is 0 Å². The Hall–Kier alpha value is -2.77. The normalized spacial score (nSPS) is 20.2. The summed E-state index contributed by atoms with van der Waals surface area (Å²) in [6.07, 6.45) is 3.98. The third-order valence-corrected chi connectivity index (χ3v) is 5.25. The molecule has 1 aliphatic heterocycles. The van der Waals surface area contributed by atoms with Gasteiger partial charge in [0.05, 0.1) is 6.07 Å². The second-order valence-electron chi connectivity index (χ2n) is 8.78. The monoisotopic (exact) mass is 466 g/mol. The number of rotatable bonds is 9. The van der Waals surface area contributed by atoms with Gasteiger partial charge in [0.15, 0.2) is 0 Å². The Morgan fingerprint density at radius 2 is 2.09 bits per heavy atom. The molecule has 10 heteroatoms. The largest absolute Gasteiger partial charge is 0.458 e. The van der Waals surface area contributed by atoms with Gasteiger partial charge in [-0.1, -0.05) is 6.07 Å². The highest BCUT2D eigenvalue weighted by molar-refractivity contribution is 5.77. The van der Waals surface area contributed by atoms with E-state index in [-0.39, 0.29) is 29.4 Å². The maximum Gasteiger partial charge on any atom is 0.248 e. The molecule has 1 heterocycles. The molecule has 8 nitrogen and oxygen atoms in total. The van der Waals surface area contributed by atoms with E-state index >= 15 is 0 Å². The molecule has 2 atom stereocenters. The topological polar surface area (TPSA) is 115 Å². The summed E-state index contributed by atoms with van der Waals surface area (Å²) in [5.74, 6) is -2.24. The van der Waals surface area contributed by atoms with E-state index in [4.69, 9.17) is 15.1 Å². The van der Waals surface area contributed by atoms with Gasteiger partial charge in [0, 0.05) is 63.6 Å². The van der Waals surface area contributed by atoms with Crippen LogP contribution in [0.15, 0.2) is 18.2 Å². The predicted molar refractivity (Wildman–Crippen MR) is 117 cm³/mol. The minimum atomic E-state index is -1.79. The molecule has 0 aromatic heterocycles. The Balaban J connectivity index is 0.000000234. The number of carbonyl (C=O) groups is 2. The fraction of sp³-hybridized carbons (Fsp3) is 0.609. The van der Waals surface area contributed by atoms with Crippen molar-refractivity contribution >= 4 is 12.3 Å². The van der Waals surface area contributed by atoms with Crippen molar-refractivity contribution in [3.8, 4) is 11.8 Å². The van der Waals surface area contributed by atoms with E-state index in [2.05, 4.69) is 16.7 Å². The lowest BCUT2D eigenvalue weighted by atomic mass is 9.92. The third-order valence-electron chi connectivity index (χ3n) is 5.25. The van der Waals surface area contributed by atoms with E-state index < -0.39 is 12.5 Å². The van der Waals surface area contributed by atoms with Gasteiger partial charge in [-0.3, -0.25) is 9.59 Å². The molecular weight excluding hydrogens is 434 g/mol. The van der Waals surface area contributed by atoms with E-state index in [0.29, 0.717) is 50.5 Å². The minimum Gasteiger partial charge on any atom is -0.458 e. The second kappa shape index (κ2) is 12.5. The number of ether oxygens (including phenoxy) is 1. The zero-order valence-corrected chi connectivity index (χ0v) is 19.0. The number of nitrogens with one attached hydrogen (secondary N) is 2. The number of amides is 2. The highest BCUT2D eigenvalue weighted by Crippen LogP contribution is 2.24. The molecule has 2 fully saturated rings. The van der Waals surface area contributed by atoms with E-state index in [1.54, 1.807) is 12.1 Å². The van der Waals surface area contributed by atoms with Crippen LogP contribution in [0, 0.1) is 23.1 Å². The molecule has 1 saturated heterocycles. The maximum atomic E-state index is 13.7. The number of benzene rings is 1. The van der Waals surface area contributed by atoms with Crippen molar-refractivity contribution in [1.29, 1.82) is 5.26 Å². The van der Waals surface area contributed by atoms with Crippen LogP contribution >= 0.6 is 0 Å². The second-order valence-corrected chi connectivity index (χ2v) is 8.78. The number of nitriles is 1. The van der Waals surface area contributed by atoms with Gasteiger partial charge in [-0.05, 0) is 31.2 Å². The van der Waals surface area contributed by atoms with Crippen LogP contribution in [0.3, 0.4) is 0 Å². The molecule has 33 heavy (non-hydrogen) atoms. The average Bonchev–Trinajstić information content (AvgIpc) is 3.57. The lowest BCUT2D eigenvalue weighted by molar-refractivity contribution is -0.136. The number of hydrogen-bond donors (Lipinski definition) is 3. The van der Waals surface area contributed by atoms with Gasteiger partial charge in [-0.2, -0.15) is 9.65 Å². The predicted octanol–water partition coefficient (Wildman–Crippen LogP) is 2.02. The van der Waals surface area contributed by atoms with Crippen molar-refractivity contribution in [3.05, 3.63) is 29.6 Å². The number of halogens is 2. The van der Waals surface area contributed by atoms with Gasteiger partial charge in [0.25, 0.3) is 0 Å². The van der Waals surface area contributed by atoms with Crippen molar-refractivity contribution in [2.45, 2.75) is 64.0 Å². The van der Waals surface area contributed by atoms with Crippen LogP contribution in [-0.2, 0) is 16.1 Å². The first-order chi connectivity index (χ1) is 15.6. The number of hydrogen-bond acceptors (Lipinski definition) is 6. The molecule has 2 amide bonds. The Morgan fingerprint density at radius 3 is 2.64 bits per heavy atom. The molecule has 1 aromatic rings. The number of piperidine rings is 1. The first kappa shape index (κ1) is 26.5. The van der Waals surface area contributed by atoms with Crippen LogP contribution in [0.5, 0.6) is 5.75 Å². The summed E-state index contributed by atoms with van der Waals surface area (Å²) in [6.45, 7) is 3.42. The van der Waals surface area contributed by atoms with Crippen LogP contribution in [0.4, 0.5) is 8.78 Å². The molecule has 1 aromatic carbocycles. The number of nitrogens with zero attached hydrogens (tertiary/aromatic N) is 2. The van der Waals surface area contributed by atoms with E-state index in [1.165, 1.54) is 37.7 Å². The lowest BCUT2D eigenvalue weighted by Crippen LogP contribution is -2.51. The van der Waals surface area contributed by atoms with Crippen LogP contribution < -0.4 is 15.4 Å². The molecule has 2 aliphatic rings. The summed E-state index contributed by atoms with van der Waals surface area (Å²) in [5.41, 5.74) is 0.584. The van der Waals surface area contributed by atoms with E-state index in [0.717, 1.165) is 0 Å². The van der Waals surface area contributed by atoms with Crippen molar-refractivity contribution < 1.29 is 28.2 Å². The molecule has 182 valence electrons. The Kier molecular flexibility index (Phi) is 10.0. The first-order valence-corrected chi connectivity index (χ1v) is 11.0. The van der Waals surface area contributed by atoms with Gasteiger partial charge in [0.1, 0.15) is 18.2 Å². The minimum absolute atomic E-state index is 0.0618. The van der Waals surface area contributed by atoms with Crippen molar-refractivity contribution in [2.75, 3.05) is 19.7 Å². The van der Waals surface area contributed by atoms with Crippen LogP contribution in [-0.4, -0.2) is 60.0 Å². The molecule has 0 spiro atoms. The first-order valence-electron chi connectivity index (χ1n) is 11.0. The zero-order valence-electron chi connectivity index (χ0n) is 19.0. The van der Waals surface area contributed by atoms with Crippen molar-refractivity contribution in [2.24, 2.45) is 5.92 Å². The molecule has 1 aliphatic carbocycles. The summed E-state index contributed by atoms with van der Waals surface area (Å²) in [6, 6.07) is 6.92. The number of carbonyl (C=O) groups excluding carboxylic acids is 2. The quantitative estimate of drug-likeness (QED) is 0.480. The summed E-state index contributed by atoms with van der Waals surface area (Å²) in [4.78, 5) is 23.2. The van der Waals surface area contributed by atoms with Crippen molar-refractivity contribution in [3.63, 3.8) is 0 Å². The van der Waals surface area contributed by atoms with E-state index in [1.807, 2.05) is 0 Å². The maximum absolute atomic E-state index is 13.7. The lowest BCUT2D eigenvalue weighted by Gasteiger charge is -2.36. The average molecular weight is 467 g/mol. The third kappa shape index (κ3) is 9.72. The molecule has 0 bridgehead atoms. The molecule has 2 unspecified atom stereocenters. The standard InChI is InChI=1S/C13H17F2NO.C10H15N3O3/c1-13(2,15)17-11-6-3-9(12(14)7-11)8-16-10-4-5-10;11-2-1-8-3-9(12-7-15)5-13(4-8)10(16)6-14/h3,6-7,10,16H,4-5,8H2,1-2H3;7-9,14H,1,3-6H2,(H,12,15). The molecule has 1 saturated carbocycles. The van der Waals surface area contributed by atoms with Gasteiger partial charge < -0.3 is 25.4 Å². The van der Waals surface area contributed by atoms with Gasteiger partial charge >= 0.3 is 0 Å². The Labute approximate surface area is 192 Å². The van der Waals surface area contributed by atoms with Crippen LogP contribution in [0.1, 0.15) is 45.1 Å². The fourth-order valence-electron chi connectivity index (χ4n) is 3.56. The molecule has 3 N–H and O–H groups in total. The van der Waals surface area contributed by atoms with Gasteiger partial charge in [-0.25, -0.2) is 4.39 Å². The van der Waals surface area contributed by atoms with Crippen molar-refractivity contribution in [1.82, 2.24) is 15.5 Å². The van der Waals surface area contributed by atoms with Crippen LogP contribution in [0.25, 0.3) is 0 Å².